The predicted molar refractivity (Wildman–Crippen MR) is 119 cm³/mol. The third kappa shape index (κ3) is 4.36. The number of rotatable bonds is 7. The van der Waals surface area contributed by atoms with E-state index in [9.17, 15) is 13.2 Å². The van der Waals surface area contributed by atoms with E-state index in [1.54, 1.807) is 31.2 Å². The zero-order valence-electron chi connectivity index (χ0n) is 17.0. The minimum atomic E-state index is -3.56. The summed E-state index contributed by atoms with van der Waals surface area (Å²) >= 11 is 1.21. The van der Waals surface area contributed by atoms with Gasteiger partial charge < -0.3 is 5.73 Å². The lowest BCUT2D eigenvalue weighted by Gasteiger charge is -2.16. The van der Waals surface area contributed by atoms with Gasteiger partial charge in [0.25, 0.3) is 0 Å². The lowest BCUT2D eigenvalue weighted by atomic mass is 10.2. The maximum Gasteiger partial charge on any atom is 0.243 e. The second-order valence-corrected chi connectivity index (χ2v) is 10.5. The SMILES string of the molecule is C[C@@H](Sc1nnc(-c2cccc(S(=O)(=O)N3CCCC3)c2)n1-c1ccccc1)C(N)=O. The lowest BCUT2D eigenvalue weighted by molar-refractivity contribution is -0.117. The third-order valence-corrected chi connectivity index (χ3v) is 8.08. The highest BCUT2D eigenvalue weighted by molar-refractivity contribution is 8.00. The van der Waals surface area contributed by atoms with Gasteiger partial charge in [0.15, 0.2) is 11.0 Å². The fourth-order valence-corrected chi connectivity index (χ4v) is 5.81. The molecule has 2 aromatic carbocycles. The van der Waals surface area contributed by atoms with Crippen molar-refractivity contribution in [2.45, 2.75) is 35.1 Å². The Hall–Kier alpha value is -2.69. The fourth-order valence-electron chi connectivity index (χ4n) is 3.43. The molecular weight excluding hydrogens is 434 g/mol. The minimum Gasteiger partial charge on any atom is -0.369 e. The number of hydrogen-bond acceptors (Lipinski definition) is 6. The Morgan fingerprint density at radius 2 is 1.77 bits per heavy atom. The molecule has 1 aliphatic rings. The van der Waals surface area contributed by atoms with E-state index >= 15 is 0 Å². The quantitative estimate of drug-likeness (QED) is 0.546. The van der Waals surface area contributed by atoms with E-state index < -0.39 is 21.2 Å². The van der Waals surface area contributed by atoms with Crippen LogP contribution in [0.5, 0.6) is 0 Å². The average Bonchev–Trinajstić information content (AvgIpc) is 3.45. The van der Waals surface area contributed by atoms with Crippen molar-refractivity contribution < 1.29 is 13.2 Å². The molecule has 0 spiro atoms. The summed E-state index contributed by atoms with van der Waals surface area (Å²) < 4.78 is 29.4. The highest BCUT2D eigenvalue weighted by Gasteiger charge is 2.28. The van der Waals surface area contributed by atoms with Crippen LogP contribution in [0.25, 0.3) is 17.1 Å². The van der Waals surface area contributed by atoms with Crippen molar-refractivity contribution in [1.82, 2.24) is 19.1 Å². The maximum absolute atomic E-state index is 13.0. The number of amides is 1. The number of carbonyl (C=O) groups excluding carboxylic acids is 1. The maximum atomic E-state index is 13.0. The highest BCUT2D eigenvalue weighted by atomic mass is 32.2. The molecule has 0 radical (unpaired) electrons. The van der Waals surface area contributed by atoms with Gasteiger partial charge in [-0.1, -0.05) is 42.1 Å². The van der Waals surface area contributed by atoms with Crippen molar-refractivity contribution in [2.24, 2.45) is 5.73 Å². The summed E-state index contributed by atoms with van der Waals surface area (Å²) in [7, 11) is -3.56. The zero-order valence-corrected chi connectivity index (χ0v) is 18.6. The second-order valence-electron chi connectivity index (χ2n) is 7.28. The summed E-state index contributed by atoms with van der Waals surface area (Å²) in [5, 5.41) is 8.60. The van der Waals surface area contributed by atoms with E-state index in [0.717, 1.165) is 18.5 Å². The molecule has 0 aliphatic carbocycles. The molecule has 1 aliphatic heterocycles. The van der Waals surface area contributed by atoms with Crippen LogP contribution < -0.4 is 5.73 Å². The molecule has 2 heterocycles. The standard InChI is InChI=1S/C21H23N5O3S2/c1-15(19(22)27)30-21-24-23-20(26(21)17-9-3-2-4-10-17)16-8-7-11-18(14-16)31(28,29)25-12-5-6-13-25/h2-4,7-11,14-15H,5-6,12-13H2,1H3,(H2,22,27)/t15-/m1/s1. The Morgan fingerprint density at radius 3 is 2.45 bits per heavy atom. The minimum absolute atomic E-state index is 0.231. The summed E-state index contributed by atoms with van der Waals surface area (Å²) in [6, 6.07) is 16.2. The normalized spacial score (nSPS) is 15.8. The van der Waals surface area contributed by atoms with Gasteiger partial charge in [-0.05, 0) is 44.0 Å². The Labute approximate surface area is 185 Å². The van der Waals surface area contributed by atoms with Gasteiger partial charge >= 0.3 is 0 Å². The zero-order chi connectivity index (χ0) is 22.0. The number of para-hydroxylation sites is 1. The largest absolute Gasteiger partial charge is 0.369 e. The molecule has 1 fully saturated rings. The Morgan fingerprint density at radius 1 is 1.06 bits per heavy atom. The summed E-state index contributed by atoms with van der Waals surface area (Å²) in [6.07, 6.45) is 1.75. The predicted octanol–water partition coefficient (Wildman–Crippen LogP) is 2.68. The first kappa shape index (κ1) is 21.5. The van der Waals surface area contributed by atoms with Crippen LogP contribution in [0, 0.1) is 0 Å². The first-order valence-corrected chi connectivity index (χ1v) is 12.3. The van der Waals surface area contributed by atoms with E-state index in [-0.39, 0.29) is 4.90 Å². The molecule has 1 amide bonds. The molecule has 1 atom stereocenters. The smallest absolute Gasteiger partial charge is 0.243 e. The third-order valence-electron chi connectivity index (χ3n) is 5.13. The number of sulfonamides is 1. The molecule has 1 aromatic heterocycles. The number of hydrogen-bond donors (Lipinski definition) is 1. The number of benzene rings is 2. The Bertz CT molecular complexity index is 1190. The number of primary amides is 1. The van der Waals surface area contributed by atoms with Gasteiger partial charge in [0, 0.05) is 24.3 Å². The van der Waals surface area contributed by atoms with Gasteiger partial charge in [0.2, 0.25) is 15.9 Å². The number of nitrogens with zero attached hydrogens (tertiary/aromatic N) is 4. The summed E-state index contributed by atoms with van der Waals surface area (Å²) in [5.74, 6) is 0.0386. The van der Waals surface area contributed by atoms with Crippen LogP contribution in [0.1, 0.15) is 19.8 Å². The van der Waals surface area contributed by atoms with Crippen molar-refractivity contribution in [3.8, 4) is 17.1 Å². The second kappa shape index (κ2) is 8.81. The van der Waals surface area contributed by atoms with Crippen LogP contribution in [0.3, 0.4) is 0 Å². The molecule has 31 heavy (non-hydrogen) atoms. The van der Waals surface area contributed by atoms with Gasteiger partial charge in [-0.3, -0.25) is 9.36 Å². The molecule has 4 rings (SSSR count). The van der Waals surface area contributed by atoms with Gasteiger partial charge in [0.05, 0.1) is 10.1 Å². The summed E-state index contributed by atoms with van der Waals surface area (Å²) in [5.41, 5.74) is 6.85. The lowest BCUT2D eigenvalue weighted by Crippen LogP contribution is -2.27. The molecule has 3 aromatic rings. The Kier molecular flexibility index (Phi) is 6.12. The van der Waals surface area contributed by atoms with Crippen LogP contribution in [0.4, 0.5) is 0 Å². The molecule has 10 heteroatoms. The van der Waals surface area contributed by atoms with Crippen molar-refractivity contribution in [2.75, 3.05) is 13.1 Å². The van der Waals surface area contributed by atoms with Crippen LogP contribution >= 0.6 is 11.8 Å². The highest BCUT2D eigenvalue weighted by Crippen LogP contribution is 2.31. The van der Waals surface area contributed by atoms with Crippen LogP contribution in [-0.2, 0) is 14.8 Å². The fraction of sp³-hybridized carbons (Fsp3) is 0.286. The van der Waals surface area contributed by atoms with E-state index in [1.165, 1.54) is 16.1 Å². The van der Waals surface area contributed by atoms with Crippen LogP contribution in [0.2, 0.25) is 0 Å². The number of carbonyl (C=O) groups is 1. The van der Waals surface area contributed by atoms with Crippen LogP contribution in [0.15, 0.2) is 64.6 Å². The number of aromatic nitrogens is 3. The van der Waals surface area contributed by atoms with Gasteiger partial charge in [-0.15, -0.1) is 10.2 Å². The molecular formula is C21H23N5O3S2. The number of nitrogens with two attached hydrogens (primary N) is 1. The summed E-state index contributed by atoms with van der Waals surface area (Å²) in [4.78, 5) is 11.8. The average molecular weight is 458 g/mol. The molecule has 2 N–H and O–H groups in total. The monoisotopic (exact) mass is 457 g/mol. The topological polar surface area (TPSA) is 111 Å². The van der Waals surface area contributed by atoms with Gasteiger partial charge in [-0.25, -0.2) is 8.42 Å². The first-order valence-electron chi connectivity index (χ1n) is 9.95. The molecule has 0 unspecified atom stereocenters. The molecule has 162 valence electrons. The van der Waals surface area contributed by atoms with Crippen LogP contribution in [-0.4, -0.2) is 51.7 Å². The van der Waals surface area contributed by atoms with Crippen molar-refractivity contribution in [1.29, 1.82) is 0 Å². The summed E-state index contributed by atoms with van der Waals surface area (Å²) in [6.45, 7) is 2.79. The van der Waals surface area contributed by atoms with Crippen molar-refractivity contribution in [3.63, 3.8) is 0 Å². The van der Waals surface area contributed by atoms with E-state index in [1.807, 2.05) is 34.9 Å². The van der Waals surface area contributed by atoms with E-state index in [2.05, 4.69) is 10.2 Å². The number of thioether (sulfide) groups is 1. The molecule has 8 nitrogen and oxygen atoms in total. The molecule has 0 bridgehead atoms. The van der Waals surface area contributed by atoms with Gasteiger partial charge in [-0.2, -0.15) is 4.31 Å². The molecule has 1 saturated heterocycles. The van der Waals surface area contributed by atoms with Crippen molar-refractivity contribution in [3.05, 3.63) is 54.6 Å². The molecule has 0 saturated carbocycles. The Balaban J connectivity index is 1.80. The first-order chi connectivity index (χ1) is 14.9. The van der Waals surface area contributed by atoms with E-state index in [4.69, 9.17) is 5.73 Å². The van der Waals surface area contributed by atoms with E-state index in [0.29, 0.717) is 29.6 Å². The van der Waals surface area contributed by atoms with Gasteiger partial charge in [0.1, 0.15) is 0 Å². The van der Waals surface area contributed by atoms with Crippen molar-refractivity contribution >= 4 is 27.7 Å².